The van der Waals surface area contributed by atoms with E-state index in [0.29, 0.717) is 23.7 Å². The van der Waals surface area contributed by atoms with E-state index < -0.39 is 0 Å². The number of nitrogens with one attached hydrogen (secondary N) is 1. The van der Waals surface area contributed by atoms with E-state index >= 15 is 0 Å². The first-order valence-electron chi connectivity index (χ1n) is 10.3. The number of aromatic hydroxyl groups is 1. The number of hydrogen-bond donors (Lipinski definition) is 2. The van der Waals surface area contributed by atoms with Crippen LogP contribution in [0.25, 0.3) is 0 Å². The van der Waals surface area contributed by atoms with Gasteiger partial charge in [-0.1, -0.05) is 18.6 Å². The summed E-state index contributed by atoms with van der Waals surface area (Å²) in [6.07, 6.45) is 5.19. The topological polar surface area (TPSA) is 72.9 Å². The minimum atomic E-state index is -0.382. The number of para-hydroxylation sites is 1. The maximum atomic E-state index is 13.5. The predicted molar refractivity (Wildman–Crippen MR) is 115 cm³/mol. The number of thiophene rings is 1. The van der Waals surface area contributed by atoms with Gasteiger partial charge >= 0.3 is 0 Å². The number of rotatable bonds is 3. The third-order valence-corrected chi connectivity index (χ3v) is 7.01. The molecule has 0 bridgehead atoms. The van der Waals surface area contributed by atoms with E-state index in [9.17, 15) is 14.7 Å². The number of carbonyl (C=O) groups is 2. The van der Waals surface area contributed by atoms with Gasteiger partial charge < -0.3 is 20.2 Å². The quantitative estimate of drug-likeness (QED) is 0.757. The molecule has 29 heavy (non-hydrogen) atoms. The molecule has 0 atom stereocenters. The molecule has 1 aliphatic carbocycles. The molecule has 1 aromatic carbocycles. The lowest BCUT2D eigenvalue weighted by Crippen LogP contribution is -2.47. The Morgan fingerprint density at radius 3 is 2.52 bits per heavy atom. The van der Waals surface area contributed by atoms with Crippen LogP contribution in [0.1, 0.15) is 50.4 Å². The Morgan fingerprint density at radius 1 is 1.03 bits per heavy atom. The van der Waals surface area contributed by atoms with Crippen molar-refractivity contribution in [1.82, 2.24) is 9.80 Å². The zero-order valence-electron chi connectivity index (χ0n) is 16.7. The van der Waals surface area contributed by atoms with E-state index in [2.05, 4.69) is 17.3 Å². The van der Waals surface area contributed by atoms with Crippen molar-refractivity contribution in [1.29, 1.82) is 0 Å². The predicted octanol–water partition coefficient (Wildman–Crippen LogP) is 3.36. The first kappa shape index (κ1) is 19.9. The highest BCUT2D eigenvalue weighted by atomic mass is 32.1. The van der Waals surface area contributed by atoms with E-state index in [1.807, 2.05) is 4.90 Å². The van der Waals surface area contributed by atoms with Crippen molar-refractivity contribution in [3.8, 4) is 5.75 Å². The molecule has 1 aromatic heterocycles. The van der Waals surface area contributed by atoms with Crippen molar-refractivity contribution in [2.24, 2.45) is 0 Å². The third kappa shape index (κ3) is 4.16. The second-order valence-corrected chi connectivity index (χ2v) is 8.94. The lowest BCUT2D eigenvalue weighted by atomic mass is 10.0. The zero-order valence-corrected chi connectivity index (χ0v) is 17.6. The zero-order chi connectivity index (χ0) is 20.4. The van der Waals surface area contributed by atoms with Gasteiger partial charge in [0.25, 0.3) is 11.8 Å². The molecule has 6 nitrogen and oxygen atoms in total. The van der Waals surface area contributed by atoms with E-state index in [4.69, 9.17) is 0 Å². The average molecular weight is 414 g/mol. The van der Waals surface area contributed by atoms with Gasteiger partial charge in [0.15, 0.2) is 0 Å². The number of phenolic OH excluding ortho intramolecular Hbond substituents is 1. The molecule has 2 aromatic rings. The fourth-order valence-electron chi connectivity index (χ4n) is 4.06. The molecule has 7 heteroatoms. The van der Waals surface area contributed by atoms with Gasteiger partial charge in [-0.3, -0.25) is 9.59 Å². The van der Waals surface area contributed by atoms with Crippen molar-refractivity contribution >= 4 is 28.2 Å². The van der Waals surface area contributed by atoms with Gasteiger partial charge in [-0.05, 0) is 50.4 Å². The summed E-state index contributed by atoms with van der Waals surface area (Å²) in [6, 6.07) is 6.48. The molecule has 0 unspecified atom stereocenters. The highest BCUT2D eigenvalue weighted by Crippen LogP contribution is 2.39. The second kappa shape index (κ2) is 8.55. The largest absolute Gasteiger partial charge is 0.507 e. The van der Waals surface area contributed by atoms with Crippen molar-refractivity contribution in [3.05, 3.63) is 45.8 Å². The summed E-state index contributed by atoms with van der Waals surface area (Å²) in [7, 11) is 2.07. The second-order valence-electron chi connectivity index (χ2n) is 7.84. The van der Waals surface area contributed by atoms with Gasteiger partial charge in [0, 0.05) is 31.1 Å². The van der Waals surface area contributed by atoms with Gasteiger partial charge in [0.1, 0.15) is 10.8 Å². The monoisotopic (exact) mass is 413 g/mol. The average Bonchev–Trinajstić information content (AvgIpc) is 2.88. The van der Waals surface area contributed by atoms with Crippen LogP contribution in [-0.4, -0.2) is 59.9 Å². The number of amides is 2. The molecule has 2 amide bonds. The number of aryl methyl sites for hydroxylation is 1. The number of fused-ring (bicyclic) bond motifs is 1. The maximum Gasteiger partial charge on any atom is 0.260 e. The molecule has 4 rings (SSSR count). The minimum absolute atomic E-state index is 0.0186. The fourth-order valence-corrected chi connectivity index (χ4v) is 5.34. The Bertz CT molecular complexity index is 916. The van der Waals surface area contributed by atoms with E-state index in [0.717, 1.165) is 44.3 Å². The van der Waals surface area contributed by atoms with Crippen LogP contribution in [0.5, 0.6) is 5.75 Å². The molecule has 1 fully saturated rings. The number of piperazine rings is 1. The van der Waals surface area contributed by atoms with Crippen LogP contribution in [0, 0.1) is 0 Å². The Hall–Kier alpha value is -2.38. The normalized spacial score (nSPS) is 17.5. The van der Waals surface area contributed by atoms with Crippen LogP contribution in [0.4, 0.5) is 5.00 Å². The lowest BCUT2D eigenvalue weighted by molar-refractivity contribution is 0.0664. The van der Waals surface area contributed by atoms with Crippen LogP contribution >= 0.6 is 11.3 Å². The first-order valence-corrected chi connectivity index (χ1v) is 11.1. The van der Waals surface area contributed by atoms with Crippen molar-refractivity contribution in [2.75, 3.05) is 38.5 Å². The summed E-state index contributed by atoms with van der Waals surface area (Å²) in [5, 5.41) is 13.6. The number of phenols is 1. The van der Waals surface area contributed by atoms with Crippen LogP contribution in [0.15, 0.2) is 24.3 Å². The highest BCUT2D eigenvalue weighted by molar-refractivity contribution is 7.17. The Balaban J connectivity index is 1.67. The lowest BCUT2D eigenvalue weighted by Gasteiger charge is -2.32. The number of hydrogen-bond acceptors (Lipinski definition) is 5. The summed E-state index contributed by atoms with van der Waals surface area (Å²) in [4.78, 5) is 31.6. The highest BCUT2D eigenvalue weighted by Gasteiger charge is 2.30. The van der Waals surface area contributed by atoms with Crippen molar-refractivity contribution in [3.63, 3.8) is 0 Å². The summed E-state index contributed by atoms with van der Waals surface area (Å²) in [6.45, 7) is 3.12. The van der Waals surface area contributed by atoms with E-state index in [1.165, 1.54) is 28.7 Å². The smallest absolute Gasteiger partial charge is 0.260 e. The molecule has 2 N–H and O–H groups in total. The number of benzene rings is 1. The van der Waals surface area contributed by atoms with Crippen LogP contribution in [0.2, 0.25) is 0 Å². The molecule has 154 valence electrons. The molecule has 1 aliphatic heterocycles. The Morgan fingerprint density at radius 2 is 1.76 bits per heavy atom. The molecule has 0 saturated carbocycles. The van der Waals surface area contributed by atoms with E-state index in [-0.39, 0.29) is 23.1 Å². The minimum Gasteiger partial charge on any atom is -0.507 e. The Kier molecular flexibility index (Phi) is 5.87. The number of nitrogens with zero attached hydrogens (tertiary/aromatic N) is 2. The van der Waals surface area contributed by atoms with Gasteiger partial charge in [0.2, 0.25) is 0 Å². The van der Waals surface area contributed by atoms with Gasteiger partial charge in [-0.25, -0.2) is 0 Å². The molecule has 2 heterocycles. The molecular formula is C22H27N3O3S. The summed E-state index contributed by atoms with van der Waals surface area (Å²) < 4.78 is 0. The van der Waals surface area contributed by atoms with Crippen molar-refractivity contribution in [2.45, 2.75) is 32.1 Å². The van der Waals surface area contributed by atoms with E-state index in [1.54, 1.807) is 18.2 Å². The van der Waals surface area contributed by atoms with Crippen LogP contribution in [0.3, 0.4) is 0 Å². The SMILES string of the molecule is CN1CCN(C(=O)c2c(NC(=O)c3ccccc3O)sc3c2CCCCC3)CC1. The standard InChI is InChI=1S/C22H27N3O3S/c1-24-11-13-25(14-12-24)22(28)19-16-8-3-2-4-10-18(16)29-21(19)23-20(27)15-7-5-6-9-17(15)26/h5-7,9,26H,2-4,8,10-14H2,1H3,(H,23,27). The summed E-state index contributed by atoms with van der Waals surface area (Å²) in [5.74, 6) is -0.424. The fraction of sp³-hybridized carbons (Fsp3) is 0.455. The first-order chi connectivity index (χ1) is 14.0. The molecule has 1 saturated heterocycles. The summed E-state index contributed by atoms with van der Waals surface area (Å²) in [5.41, 5.74) is 2.00. The van der Waals surface area contributed by atoms with Gasteiger partial charge in [-0.2, -0.15) is 0 Å². The number of anilines is 1. The van der Waals surface area contributed by atoms with Gasteiger partial charge in [-0.15, -0.1) is 11.3 Å². The number of likely N-dealkylation sites (N-methyl/N-ethyl adjacent to an activating group) is 1. The Labute approximate surface area is 175 Å². The van der Waals surface area contributed by atoms with Crippen molar-refractivity contribution < 1.29 is 14.7 Å². The van der Waals surface area contributed by atoms with Crippen LogP contribution < -0.4 is 5.32 Å². The summed E-state index contributed by atoms with van der Waals surface area (Å²) >= 11 is 1.53. The molecular weight excluding hydrogens is 386 g/mol. The number of carbonyl (C=O) groups excluding carboxylic acids is 2. The molecule has 0 spiro atoms. The van der Waals surface area contributed by atoms with Gasteiger partial charge in [0.05, 0.1) is 11.1 Å². The third-order valence-electron chi connectivity index (χ3n) is 5.80. The molecule has 2 aliphatic rings. The van der Waals surface area contributed by atoms with Crippen LogP contribution in [-0.2, 0) is 12.8 Å². The maximum absolute atomic E-state index is 13.5. The molecule has 0 radical (unpaired) electrons.